The SMILES string of the molecule is CC(=O)c1ccccc1N=NOS(=O)(=O)c1c(S(=O)(=O)O)cc2ccc(N=Nc3ccc(Cl)cc3P(=O)(O)O)c(O)c2c1O.[H-].[H-].[Na+].[Na+]. The normalized spacial score (nSPS) is 12.2. The van der Waals surface area contributed by atoms with Crippen LogP contribution in [0.4, 0.5) is 17.1 Å². The van der Waals surface area contributed by atoms with Crippen molar-refractivity contribution in [3.63, 3.8) is 0 Å². The number of phenols is 2. The minimum absolute atomic E-state index is 0. The first kappa shape index (κ1) is 39.9. The Hall–Kier alpha value is -2.29. The third kappa shape index (κ3) is 8.78. The third-order valence-corrected chi connectivity index (χ3v) is 9.16. The Balaban J connectivity index is 0.00000552. The van der Waals surface area contributed by atoms with Crippen molar-refractivity contribution in [3.8, 4) is 11.5 Å². The fraction of sp³-hybridized carbons (Fsp3) is 0.0417. The molecule has 46 heavy (non-hydrogen) atoms. The number of carbonyl (C=O) groups excluding carboxylic acids is 1. The Kier molecular flexibility index (Phi) is 13.3. The molecule has 0 aliphatic carbocycles. The van der Waals surface area contributed by atoms with Crippen LogP contribution >= 0.6 is 19.2 Å². The average Bonchev–Trinajstić information content (AvgIpc) is 2.91. The summed E-state index contributed by atoms with van der Waals surface area (Å²) in [4.78, 5) is 28.1. The van der Waals surface area contributed by atoms with Gasteiger partial charge in [0, 0.05) is 15.9 Å². The van der Waals surface area contributed by atoms with Gasteiger partial charge < -0.3 is 22.9 Å². The van der Waals surface area contributed by atoms with Crippen LogP contribution in [0.15, 0.2) is 91.1 Å². The maximum atomic E-state index is 13.1. The zero-order valence-electron chi connectivity index (χ0n) is 25.8. The fourth-order valence-corrected chi connectivity index (χ4v) is 6.88. The molecule has 4 rings (SSSR count). The maximum absolute atomic E-state index is 13.1. The number of benzene rings is 4. The van der Waals surface area contributed by atoms with Gasteiger partial charge in [0.25, 0.3) is 10.1 Å². The summed E-state index contributed by atoms with van der Waals surface area (Å²) < 4.78 is 76.4. The van der Waals surface area contributed by atoms with Gasteiger partial charge in [-0.3, -0.25) is 13.9 Å². The minimum atomic E-state index is -5.41. The summed E-state index contributed by atoms with van der Waals surface area (Å²) in [6.07, 6.45) is 0. The van der Waals surface area contributed by atoms with Crippen LogP contribution in [0.3, 0.4) is 0 Å². The number of azo groups is 1. The minimum Gasteiger partial charge on any atom is -1.00 e. The van der Waals surface area contributed by atoms with Crippen LogP contribution in [0.1, 0.15) is 20.1 Å². The summed E-state index contributed by atoms with van der Waals surface area (Å²) in [5, 5.41) is 34.1. The molecule has 0 spiro atoms. The van der Waals surface area contributed by atoms with Gasteiger partial charge in [-0.05, 0) is 54.8 Å². The third-order valence-electron chi connectivity index (χ3n) is 5.76. The van der Waals surface area contributed by atoms with Crippen LogP contribution in [-0.2, 0) is 29.1 Å². The standard InChI is InChI=1S/C24H18ClN4O12PS2.2Na.2H/c1-12(30)15-4-2-3-5-16(15)28-29-41-44(39,40)24-20(43(36,37)38)10-13-6-8-18(22(31)21(13)23(24)32)27-26-17-9-7-14(25)11-19(17)42(33,34)35;;;;/h2-11,31-32H,1H3,(H2,33,34,35)(H,36,37,38);;;;/q;2*+1;2*-1. The second-order valence-corrected chi connectivity index (χ2v) is 13.6. The second kappa shape index (κ2) is 15.3. The van der Waals surface area contributed by atoms with Gasteiger partial charge in [0.15, 0.2) is 22.2 Å². The molecule has 0 bridgehead atoms. The molecule has 16 nitrogen and oxygen atoms in total. The number of halogens is 1. The van der Waals surface area contributed by atoms with Crippen LogP contribution < -0.4 is 64.4 Å². The number of carbonyl (C=O) groups is 1. The van der Waals surface area contributed by atoms with Crippen molar-refractivity contribution in [1.82, 2.24) is 0 Å². The molecule has 0 aliphatic rings. The van der Waals surface area contributed by atoms with E-state index in [1.54, 1.807) is 0 Å². The van der Waals surface area contributed by atoms with Gasteiger partial charge in [-0.25, -0.2) is 4.28 Å². The molecule has 0 atom stereocenters. The van der Waals surface area contributed by atoms with Crippen molar-refractivity contribution in [1.29, 1.82) is 0 Å². The summed E-state index contributed by atoms with van der Waals surface area (Å²) >= 11 is 5.80. The van der Waals surface area contributed by atoms with Crippen molar-refractivity contribution in [3.05, 3.63) is 71.2 Å². The fourth-order valence-electron chi connectivity index (χ4n) is 3.84. The van der Waals surface area contributed by atoms with Gasteiger partial charge in [-0.15, -0.1) is 15.3 Å². The number of hydrogen-bond donors (Lipinski definition) is 5. The summed E-state index contributed by atoms with van der Waals surface area (Å²) in [7, 11) is -15.7. The molecule has 0 unspecified atom stereocenters. The van der Waals surface area contributed by atoms with Crippen LogP contribution in [0.25, 0.3) is 10.8 Å². The first-order chi connectivity index (χ1) is 20.4. The van der Waals surface area contributed by atoms with Crippen molar-refractivity contribution in [2.75, 3.05) is 0 Å². The predicted octanol–water partition coefficient (Wildman–Crippen LogP) is -0.791. The summed E-state index contributed by atoms with van der Waals surface area (Å²) in [6, 6.07) is 11.7. The van der Waals surface area contributed by atoms with E-state index in [0.29, 0.717) is 6.07 Å². The van der Waals surface area contributed by atoms with Gasteiger partial charge in [0.05, 0.1) is 16.4 Å². The molecular weight excluding hydrogens is 713 g/mol. The van der Waals surface area contributed by atoms with E-state index in [1.165, 1.54) is 37.3 Å². The molecule has 4 aromatic carbocycles. The Morgan fingerprint density at radius 1 is 0.870 bits per heavy atom. The van der Waals surface area contributed by atoms with Crippen LogP contribution in [0.2, 0.25) is 5.02 Å². The number of Topliss-reactive ketones (excluding diaryl/α,β-unsaturated/α-hetero) is 1. The Labute approximate surface area is 312 Å². The van der Waals surface area contributed by atoms with Crippen LogP contribution in [-0.4, -0.2) is 47.2 Å². The summed E-state index contributed by atoms with van der Waals surface area (Å²) in [5.74, 6) is -2.81. The quantitative estimate of drug-likeness (QED) is 0.0354. The van der Waals surface area contributed by atoms with Gasteiger partial charge in [-0.2, -0.15) is 16.8 Å². The second-order valence-electron chi connectivity index (χ2n) is 8.72. The van der Waals surface area contributed by atoms with E-state index >= 15 is 0 Å². The van der Waals surface area contributed by atoms with E-state index in [-0.39, 0.29) is 89.3 Å². The van der Waals surface area contributed by atoms with E-state index < -0.39 is 71.3 Å². The molecule has 0 amide bonds. The average molecular weight is 733 g/mol. The molecule has 0 saturated heterocycles. The smallest absolute Gasteiger partial charge is 1.00 e. The Morgan fingerprint density at radius 2 is 1.48 bits per heavy atom. The van der Waals surface area contributed by atoms with E-state index in [0.717, 1.165) is 24.3 Å². The number of phenolic OH excluding ortho intramolecular Hbond substituents is 2. The molecule has 234 valence electrons. The van der Waals surface area contributed by atoms with Gasteiger partial charge in [0.1, 0.15) is 16.3 Å². The van der Waals surface area contributed by atoms with E-state index in [2.05, 4.69) is 24.9 Å². The van der Waals surface area contributed by atoms with Crippen LogP contribution in [0.5, 0.6) is 11.5 Å². The molecule has 4 aromatic rings. The largest absolute Gasteiger partial charge is 1.00 e. The van der Waals surface area contributed by atoms with Crippen molar-refractivity contribution < 1.29 is 117 Å². The molecule has 0 fully saturated rings. The monoisotopic (exact) mass is 732 g/mol. The van der Waals surface area contributed by atoms with Crippen molar-refractivity contribution >= 4 is 78.4 Å². The van der Waals surface area contributed by atoms with Gasteiger partial charge in [-0.1, -0.05) is 29.8 Å². The number of fused-ring (bicyclic) bond motifs is 1. The molecular formula is C24H20ClN4Na2O12PS2. The molecule has 0 aromatic heterocycles. The van der Waals surface area contributed by atoms with E-state index in [4.69, 9.17) is 11.6 Å². The first-order valence-electron chi connectivity index (χ1n) is 11.6. The maximum Gasteiger partial charge on any atom is 1.00 e. The number of aromatic hydroxyl groups is 2. The molecule has 0 aliphatic heterocycles. The molecule has 0 heterocycles. The molecule has 0 radical (unpaired) electrons. The first-order valence-corrected chi connectivity index (χ1v) is 16.5. The number of hydrogen-bond acceptors (Lipinski definition) is 13. The zero-order valence-corrected chi connectivity index (χ0v) is 31.1. The number of ketones is 1. The van der Waals surface area contributed by atoms with E-state index in [1.807, 2.05) is 0 Å². The number of rotatable bonds is 9. The molecule has 22 heteroatoms. The van der Waals surface area contributed by atoms with Gasteiger partial charge in [0.2, 0.25) is 0 Å². The Morgan fingerprint density at radius 3 is 2.09 bits per heavy atom. The number of nitrogens with zero attached hydrogens (tertiary/aromatic N) is 4. The summed E-state index contributed by atoms with van der Waals surface area (Å²) in [6.45, 7) is 1.21. The van der Waals surface area contributed by atoms with Crippen molar-refractivity contribution in [2.24, 2.45) is 20.6 Å². The topological polar surface area (TPSA) is 262 Å². The van der Waals surface area contributed by atoms with Gasteiger partial charge >= 0.3 is 76.8 Å². The zero-order chi connectivity index (χ0) is 32.6. The molecule has 0 saturated carbocycles. The predicted molar refractivity (Wildman–Crippen MR) is 156 cm³/mol. The Bertz CT molecular complexity index is 2190. The molecule has 5 N–H and O–H groups in total. The van der Waals surface area contributed by atoms with Crippen LogP contribution in [0, 0.1) is 0 Å². The van der Waals surface area contributed by atoms with Crippen molar-refractivity contribution in [2.45, 2.75) is 16.7 Å². The summed E-state index contributed by atoms with van der Waals surface area (Å²) in [5.41, 5.74) is -0.879. The van der Waals surface area contributed by atoms with E-state index in [9.17, 15) is 50.7 Å².